The number of amides is 1. The van der Waals surface area contributed by atoms with Gasteiger partial charge in [-0.1, -0.05) is 28.1 Å². The third-order valence-electron chi connectivity index (χ3n) is 4.09. The number of carbonyl (C=O) groups excluding carboxylic acids is 1. The van der Waals surface area contributed by atoms with Gasteiger partial charge in [0.2, 0.25) is 0 Å². The Labute approximate surface area is 132 Å². The minimum Gasteiger partial charge on any atom is -0.331 e. The molecule has 1 unspecified atom stereocenters. The summed E-state index contributed by atoms with van der Waals surface area (Å²) in [6.45, 7) is 4.58. The molecular weight excluding hydrogens is 330 g/mol. The van der Waals surface area contributed by atoms with E-state index in [9.17, 15) is 4.79 Å². The first-order valence-corrected chi connectivity index (χ1v) is 7.95. The molecule has 1 atom stereocenters. The van der Waals surface area contributed by atoms with Crippen molar-refractivity contribution in [3.63, 3.8) is 0 Å². The molecule has 1 fully saturated rings. The highest BCUT2D eigenvalue weighted by Crippen LogP contribution is 2.34. The number of halogens is 1. The van der Waals surface area contributed by atoms with E-state index in [0.29, 0.717) is 0 Å². The van der Waals surface area contributed by atoms with E-state index in [1.54, 1.807) is 0 Å². The van der Waals surface area contributed by atoms with Crippen molar-refractivity contribution in [2.45, 2.75) is 32.7 Å². The van der Waals surface area contributed by atoms with E-state index in [1.807, 2.05) is 30.9 Å². The summed E-state index contributed by atoms with van der Waals surface area (Å²) in [5.41, 5.74) is 3.53. The molecule has 1 N–H and O–H groups in total. The van der Waals surface area contributed by atoms with Gasteiger partial charge in [-0.15, -0.1) is 0 Å². The van der Waals surface area contributed by atoms with Crippen LogP contribution >= 0.6 is 15.9 Å². The number of hydrogen-bond donors (Lipinski definition) is 1. The largest absolute Gasteiger partial charge is 0.331 e. The second-order valence-electron chi connectivity index (χ2n) is 5.52. The molecule has 0 radical (unpaired) electrons. The number of hydrogen-bond acceptors (Lipinski definition) is 2. The van der Waals surface area contributed by atoms with Crippen LogP contribution in [0.5, 0.6) is 0 Å². The molecule has 21 heavy (non-hydrogen) atoms. The van der Waals surface area contributed by atoms with Crippen molar-refractivity contribution in [2.75, 3.05) is 6.54 Å². The number of aromatic nitrogens is 2. The number of nitrogens with one attached hydrogen (secondary N) is 1. The van der Waals surface area contributed by atoms with Crippen molar-refractivity contribution >= 4 is 21.8 Å². The molecule has 4 nitrogen and oxygen atoms in total. The molecule has 0 saturated carbocycles. The summed E-state index contributed by atoms with van der Waals surface area (Å²) in [5.74, 6) is 0.0845. The second kappa shape index (κ2) is 5.64. The van der Waals surface area contributed by atoms with Crippen molar-refractivity contribution in [3.8, 4) is 0 Å². The third-order valence-corrected chi connectivity index (χ3v) is 4.58. The molecular formula is C16H18BrN3O. The zero-order valence-corrected chi connectivity index (χ0v) is 13.8. The Morgan fingerprint density at radius 3 is 2.90 bits per heavy atom. The Balaban J connectivity index is 1.93. The zero-order valence-electron chi connectivity index (χ0n) is 12.2. The number of carbonyl (C=O) groups is 1. The van der Waals surface area contributed by atoms with Crippen LogP contribution in [0.4, 0.5) is 0 Å². The fourth-order valence-electron chi connectivity index (χ4n) is 3.08. The predicted octanol–water partition coefficient (Wildman–Crippen LogP) is 3.77. The van der Waals surface area contributed by atoms with Gasteiger partial charge in [0.05, 0.1) is 17.3 Å². The summed E-state index contributed by atoms with van der Waals surface area (Å²) < 4.78 is 1.05. The highest BCUT2D eigenvalue weighted by molar-refractivity contribution is 9.10. The van der Waals surface area contributed by atoms with Gasteiger partial charge in [0, 0.05) is 16.7 Å². The summed E-state index contributed by atoms with van der Waals surface area (Å²) >= 11 is 3.51. The van der Waals surface area contributed by atoms with Crippen molar-refractivity contribution in [2.24, 2.45) is 0 Å². The van der Waals surface area contributed by atoms with Crippen LogP contribution in [0.2, 0.25) is 0 Å². The molecule has 1 saturated heterocycles. The standard InChI is InChI=1S/C16H18BrN3O/c1-10-15(11(2)19-18-10)16(21)20-8-4-7-14(20)12-5-3-6-13(17)9-12/h3,5-6,9,14H,4,7-8H2,1-2H3,(H,18,19). The fraction of sp³-hybridized carbons (Fsp3) is 0.375. The van der Waals surface area contributed by atoms with Crippen LogP contribution in [-0.4, -0.2) is 27.5 Å². The van der Waals surface area contributed by atoms with E-state index >= 15 is 0 Å². The molecule has 110 valence electrons. The Kier molecular flexibility index (Phi) is 3.85. The Hall–Kier alpha value is -1.62. The smallest absolute Gasteiger partial charge is 0.258 e. The van der Waals surface area contributed by atoms with Crippen LogP contribution in [-0.2, 0) is 0 Å². The molecule has 1 aromatic carbocycles. The Morgan fingerprint density at radius 1 is 1.43 bits per heavy atom. The highest BCUT2D eigenvalue weighted by atomic mass is 79.9. The van der Waals surface area contributed by atoms with Crippen LogP contribution in [0.1, 0.15) is 46.2 Å². The van der Waals surface area contributed by atoms with Crippen LogP contribution in [0, 0.1) is 13.8 Å². The first-order chi connectivity index (χ1) is 10.1. The molecule has 2 aromatic rings. The first kappa shape index (κ1) is 14.3. The quantitative estimate of drug-likeness (QED) is 0.898. The number of rotatable bonds is 2. The molecule has 0 bridgehead atoms. The van der Waals surface area contributed by atoms with Gasteiger partial charge in [0.25, 0.3) is 5.91 Å². The van der Waals surface area contributed by atoms with E-state index < -0.39 is 0 Å². The van der Waals surface area contributed by atoms with Gasteiger partial charge in [-0.25, -0.2) is 0 Å². The number of nitrogens with zero attached hydrogens (tertiary/aromatic N) is 2. The average molecular weight is 348 g/mol. The van der Waals surface area contributed by atoms with Gasteiger partial charge in [-0.05, 0) is 44.4 Å². The lowest BCUT2D eigenvalue weighted by Gasteiger charge is -2.25. The van der Waals surface area contributed by atoms with Crippen molar-refractivity contribution < 1.29 is 4.79 Å². The molecule has 5 heteroatoms. The maximum Gasteiger partial charge on any atom is 0.258 e. The maximum absolute atomic E-state index is 12.9. The highest BCUT2D eigenvalue weighted by Gasteiger charge is 2.32. The van der Waals surface area contributed by atoms with Gasteiger partial charge in [0.1, 0.15) is 0 Å². The summed E-state index contributed by atoms with van der Waals surface area (Å²) in [4.78, 5) is 14.9. The number of likely N-dealkylation sites (tertiary alicyclic amines) is 1. The molecule has 0 aliphatic carbocycles. The lowest BCUT2D eigenvalue weighted by Crippen LogP contribution is -2.31. The Morgan fingerprint density at radius 2 is 2.24 bits per heavy atom. The average Bonchev–Trinajstić information content (AvgIpc) is 3.05. The van der Waals surface area contributed by atoms with Crippen LogP contribution in [0.3, 0.4) is 0 Å². The van der Waals surface area contributed by atoms with Crippen LogP contribution < -0.4 is 0 Å². The molecule has 1 aromatic heterocycles. The molecule has 2 heterocycles. The van der Waals surface area contributed by atoms with Crippen molar-refractivity contribution in [3.05, 3.63) is 51.3 Å². The summed E-state index contributed by atoms with van der Waals surface area (Å²) in [7, 11) is 0. The molecule has 1 aliphatic heterocycles. The van der Waals surface area contributed by atoms with Gasteiger partial charge in [-0.3, -0.25) is 9.89 Å². The van der Waals surface area contributed by atoms with Gasteiger partial charge in [-0.2, -0.15) is 5.10 Å². The van der Waals surface area contributed by atoms with Gasteiger partial charge in [0.15, 0.2) is 0 Å². The van der Waals surface area contributed by atoms with Gasteiger partial charge >= 0.3 is 0 Å². The summed E-state index contributed by atoms with van der Waals surface area (Å²) in [6, 6.07) is 8.38. The van der Waals surface area contributed by atoms with Crippen molar-refractivity contribution in [1.82, 2.24) is 15.1 Å². The minimum atomic E-state index is 0.0845. The second-order valence-corrected chi connectivity index (χ2v) is 6.44. The lowest BCUT2D eigenvalue weighted by molar-refractivity contribution is 0.0734. The topological polar surface area (TPSA) is 49.0 Å². The fourth-order valence-corrected chi connectivity index (χ4v) is 3.50. The SMILES string of the molecule is Cc1n[nH]c(C)c1C(=O)N1CCCC1c1cccc(Br)c1. The Bertz CT molecular complexity index is 660. The molecule has 0 spiro atoms. The molecule has 1 amide bonds. The number of H-pyrrole nitrogens is 1. The number of aryl methyl sites for hydroxylation is 2. The van der Waals surface area contributed by atoms with E-state index in [1.165, 1.54) is 5.56 Å². The summed E-state index contributed by atoms with van der Waals surface area (Å²) in [6.07, 6.45) is 2.05. The maximum atomic E-state index is 12.9. The van der Waals surface area contributed by atoms with E-state index in [-0.39, 0.29) is 11.9 Å². The monoisotopic (exact) mass is 347 g/mol. The van der Waals surface area contributed by atoms with Crippen LogP contribution in [0.25, 0.3) is 0 Å². The third kappa shape index (κ3) is 2.62. The minimum absolute atomic E-state index is 0.0845. The van der Waals surface area contributed by atoms with E-state index in [4.69, 9.17) is 0 Å². The number of aromatic amines is 1. The number of benzene rings is 1. The zero-order chi connectivity index (χ0) is 15.0. The summed E-state index contributed by atoms with van der Waals surface area (Å²) in [5, 5.41) is 7.04. The van der Waals surface area contributed by atoms with E-state index in [2.05, 4.69) is 38.3 Å². The van der Waals surface area contributed by atoms with Crippen molar-refractivity contribution in [1.29, 1.82) is 0 Å². The molecule has 1 aliphatic rings. The predicted molar refractivity (Wildman–Crippen MR) is 85.2 cm³/mol. The normalized spacial score (nSPS) is 18.2. The van der Waals surface area contributed by atoms with E-state index in [0.717, 1.165) is 40.8 Å². The first-order valence-electron chi connectivity index (χ1n) is 7.16. The molecule has 3 rings (SSSR count). The van der Waals surface area contributed by atoms with Crippen LogP contribution in [0.15, 0.2) is 28.7 Å². The van der Waals surface area contributed by atoms with Gasteiger partial charge < -0.3 is 4.90 Å². The lowest BCUT2D eigenvalue weighted by atomic mass is 10.0.